The van der Waals surface area contributed by atoms with E-state index in [1.807, 2.05) is 24.3 Å². The molecule has 0 aliphatic heterocycles. The van der Waals surface area contributed by atoms with Crippen LogP contribution in [-0.4, -0.2) is 12.5 Å². The van der Waals surface area contributed by atoms with Gasteiger partial charge in [-0.25, -0.2) is 0 Å². The Bertz CT molecular complexity index is 662. The Hall–Kier alpha value is -0.690. The Morgan fingerprint density at radius 2 is 1.62 bits per heavy atom. The highest BCUT2D eigenvalue weighted by Crippen LogP contribution is 2.32. The lowest BCUT2D eigenvalue weighted by Gasteiger charge is -2.10. The van der Waals surface area contributed by atoms with Crippen LogP contribution in [0.25, 0.3) is 0 Å². The van der Waals surface area contributed by atoms with E-state index in [0.717, 1.165) is 9.26 Å². The normalized spacial score (nSPS) is 10.3. The number of hydrogen-bond donors (Lipinski definition) is 2. The van der Waals surface area contributed by atoms with Gasteiger partial charge in [0.25, 0.3) is 0 Å². The van der Waals surface area contributed by atoms with Crippen molar-refractivity contribution in [2.45, 2.75) is 0 Å². The topological polar surface area (TPSA) is 41.1 Å². The summed E-state index contributed by atoms with van der Waals surface area (Å²) in [7, 11) is 0. The van der Waals surface area contributed by atoms with E-state index in [1.54, 1.807) is 6.07 Å². The van der Waals surface area contributed by atoms with Crippen LogP contribution in [-0.2, 0) is 4.79 Å². The Morgan fingerprint density at radius 3 is 2.29 bits per heavy atom. The van der Waals surface area contributed by atoms with Gasteiger partial charge in [-0.1, -0.05) is 34.8 Å². The van der Waals surface area contributed by atoms with Crippen LogP contribution in [0.1, 0.15) is 0 Å². The van der Waals surface area contributed by atoms with Crippen molar-refractivity contribution in [1.82, 2.24) is 0 Å². The van der Waals surface area contributed by atoms with Gasteiger partial charge < -0.3 is 10.6 Å². The molecular formula is C14H10Cl3IN2O. The molecule has 3 nitrogen and oxygen atoms in total. The molecule has 0 aromatic heterocycles. The fraction of sp³-hybridized carbons (Fsp3) is 0.0714. The van der Waals surface area contributed by atoms with E-state index in [0.29, 0.717) is 20.8 Å². The molecule has 1 amide bonds. The first-order chi connectivity index (χ1) is 9.95. The van der Waals surface area contributed by atoms with Gasteiger partial charge in [0.2, 0.25) is 5.91 Å². The fourth-order valence-corrected chi connectivity index (χ4v) is 2.55. The molecule has 0 aliphatic rings. The van der Waals surface area contributed by atoms with E-state index >= 15 is 0 Å². The zero-order valence-corrected chi connectivity index (χ0v) is 15.0. The third kappa shape index (κ3) is 4.92. The monoisotopic (exact) mass is 454 g/mol. The zero-order chi connectivity index (χ0) is 15.4. The largest absolute Gasteiger partial charge is 0.375 e. The standard InChI is InChI=1S/C14H10Cl3IN2O/c15-10-5-12(17)13(6-11(10)16)19-7-14(21)20-9-3-1-8(18)2-4-9/h1-6,19H,7H2,(H,20,21). The van der Waals surface area contributed by atoms with E-state index < -0.39 is 0 Å². The average Bonchev–Trinajstić information content (AvgIpc) is 2.44. The summed E-state index contributed by atoms with van der Waals surface area (Å²) in [6.45, 7) is 0.0731. The number of amides is 1. The smallest absolute Gasteiger partial charge is 0.243 e. The lowest BCUT2D eigenvalue weighted by Crippen LogP contribution is -2.21. The first-order valence-corrected chi connectivity index (χ1v) is 8.11. The van der Waals surface area contributed by atoms with Gasteiger partial charge in [-0.15, -0.1) is 0 Å². The molecule has 0 saturated heterocycles. The number of rotatable bonds is 4. The van der Waals surface area contributed by atoms with Crippen LogP contribution >= 0.6 is 57.4 Å². The maximum Gasteiger partial charge on any atom is 0.243 e. The summed E-state index contributed by atoms with van der Waals surface area (Å²) in [6.07, 6.45) is 0. The van der Waals surface area contributed by atoms with Crippen molar-refractivity contribution < 1.29 is 4.79 Å². The van der Waals surface area contributed by atoms with Crippen molar-refractivity contribution in [3.8, 4) is 0 Å². The van der Waals surface area contributed by atoms with Crippen molar-refractivity contribution in [2.24, 2.45) is 0 Å². The lowest BCUT2D eigenvalue weighted by molar-refractivity contribution is -0.114. The van der Waals surface area contributed by atoms with Gasteiger partial charge in [0.15, 0.2) is 0 Å². The van der Waals surface area contributed by atoms with E-state index in [1.165, 1.54) is 6.07 Å². The molecule has 2 rings (SSSR count). The number of benzene rings is 2. The Balaban J connectivity index is 1.95. The van der Waals surface area contributed by atoms with Crippen LogP contribution in [0.5, 0.6) is 0 Å². The quantitative estimate of drug-likeness (QED) is 0.485. The van der Waals surface area contributed by atoms with Crippen LogP contribution < -0.4 is 10.6 Å². The van der Waals surface area contributed by atoms with E-state index in [9.17, 15) is 4.79 Å². The molecule has 7 heteroatoms. The molecule has 0 heterocycles. The molecule has 2 aromatic rings. The highest BCUT2D eigenvalue weighted by Gasteiger charge is 2.08. The van der Waals surface area contributed by atoms with Crippen LogP contribution in [0.15, 0.2) is 36.4 Å². The molecule has 0 unspecified atom stereocenters. The molecule has 0 aliphatic carbocycles. The molecule has 0 atom stereocenters. The number of halogens is 4. The summed E-state index contributed by atoms with van der Waals surface area (Å²) >= 11 is 20.0. The summed E-state index contributed by atoms with van der Waals surface area (Å²) in [4.78, 5) is 11.9. The summed E-state index contributed by atoms with van der Waals surface area (Å²) in [6, 6.07) is 10.6. The Morgan fingerprint density at radius 1 is 1.00 bits per heavy atom. The van der Waals surface area contributed by atoms with Crippen LogP contribution in [0.3, 0.4) is 0 Å². The Labute approximate surface area is 151 Å². The summed E-state index contributed by atoms with van der Waals surface area (Å²) < 4.78 is 1.10. The maximum absolute atomic E-state index is 11.9. The molecule has 0 fully saturated rings. The van der Waals surface area contributed by atoms with E-state index in [-0.39, 0.29) is 12.5 Å². The van der Waals surface area contributed by atoms with Gasteiger partial charge in [-0.2, -0.15) is 0 Å². The molecule has 2 aromatic carbocycles. The number of anilines is 2. The minimum atomic E-state index is -0.182. The highest BCUT2D eigenvalue weighted by atomic mass is 127. The van der Waals surface area contributed by atoms with Crippen molar-refractivity contribution in [2.75, 3.05) is 17.2 Å². The van der Waals surface area contributed by atoms with Gasteiger partial charge >= 0.3 is 0 Å². The first kappa shape index (κ1) is 16.7. The van der Waals surface area contributed by atoms with Gasteiger partial charge in [0.05, 0.1) is 27.3 Å². The average molecular weight is 456 g/mol. The SMILES string of the molecule is O=C(CNc1cc(Cl)c(Cl)cc1Cl)Nc1ccc(I)cc1. The second-order valence-electron chi connectivity index (χ2n) is 4.15. The highest BCUT2D eigenvalue weighted by molar-refractivity contribution is 14.1. The van der Waals surface area contributed by atoms with Gasteiger partial charge in [-0.3, -0.25) is 4.79 Å². The minimum Gasteiger partial charge on any atom is -0.375 e. The number of carbonyl (C=O) groups is 1. The minimum absolute atomic E-state index is 0.0731. The molecule has 0 spiro atoms. The Kier molecular flexibility index (Phi) is 5.98. The molecule has 110 valence electrons. The van der Waals surface area contributed by atoms with Crippen LogP contribution in [0, 0.1) is 3.57 Å². The molecule has 21 heavy (non-hydrogen) atoms. The van der Waals surface area contributed by atoms with E-state index in [2.05, 4.69) is 33.2 Å². The van der Waals surface area contributed by atoms with Crippen molar-refractivity contribution in [1.29, 1.82) is 0 Å². The van der Waals surface area contributed by atoms with Crippen molar-refractivity contribution in [3.63, 3.8) is 0 Å². The first-order valence-electron chi connectivity index (χ1n) is 5.89. The van der Waals surface area contributed by atoms with Crippen LogP contribution in [0.4, 0.5) is 11.4 Å². The van der Waals surface area contributed by atoms with Crippen molar-refractivity contribution >= 4 is 74.7 Å². The van der Waals surface area contributed by atoms with Crippen molar-refractivity contribution in [3.05, 3.63) is 55.0 Å². The van der Waals surface area contributed by atoms with Gasteiger partial charge in [0, 0.05) is 9.26 Å². The molecule has 0 radical (unpaired) electrons. The molecule has 0 bridgehead atoms. The second kappa shape index (κ2) is 7.54. The lowest BCUT2D eigenvalue weighted by atomic mass is 10.3. The van der Waals surface area contributed by atoms with Gasteiger partial charge in [0.1, 0.15) is 0 Å². The predicted octanol–water partition coefficient (Wildman–Crippen LogP) is 5.30. The van der Waals surface area contributed by atoms with Crippen LogP contribution in [0.2, 0.25) is 15.1 Å². The zero-order valence-electron chi connectivity index (χ0n) is 10.6. The summed E-state index contributed by atoms with van der Waals surface area (Å²) in [5.41, 5.74) is 1.30. The number of hydrogen-bond acceptors (Lipinski definition) is 2. The number of carbonyl (C=O) groups excluding carboxylic acids is 1. The third-order valence-electron chi connectivity index (χ3n) is 2.58. The predicted molar refractivity (Wildman–Crippen MR) is 97.8 cm³/mol. The molecular weight excluding hydrogens is 445 g/mol. The second-order valence-corrected chi connectivity index (χ2v) is 6.62. The maximum atomic E-state index is 11.9. The molecule has 2 N–H and O–H groups in total. The molecule has 0 saturated carbocycles. The van der Waals surface area contributed by atoms with E-state index in [4.69, 9.17) is 34.8 Å². The summed E-state index contributed by atoms with van der Waals surface area (Å²) in [5.74, 6) is -0.182. The summed E-state index contributed by atoms with van der Waals surface area (Å²) in [5, 5.41) is 6.86. The van der Waals surface area contributed by atoms with Gasteiger partial charge in [-0.05, 0) is 59.0 Å². The fourth-order valence-electron chi connectivity index (χ4n) is 1.57. The third-order valence-corrected chi connectivity index (χ3v) is 4.33. The number of nitrogens with one attached hydrogen (secondary N) is 2.